The predicted molar refractivity (Wildman–Crippen MR) is 73.3 cm³/mol. The number of fused-ring (bicyclic) bond motifs is 1. The number of Topliss-reactive ketones (excluding diaryl/α,β-unsaturated/α-hetero) is 1. The predicted octanol–water partition coefficient (Wildman–Crippen LogP) is 4.59. The molecule has 2 aromatic carbocycles. The topological polar surface area (TPSA) is 17.1 Å². The number of carbonyl (C=O) groups is 1. The first-order valence-electron chi connectivity index (χ1n) is 5.95. The third-order valence-corrected chi connectivity index (χ3v) is 3.79. The molecule has 2 aromatic rings. The van der Waals surface area contributed by atoms with Gasteiger partial charge in [0, 0.05) is 16.5 Å². The van der Waals surface area contributed by atoms with Crippen molar-refractivity contribution in [1.82, 2.24) is 0 Å². The van der Waals surface area contributed by atoms with Crippen molar-refractivity contribution in [3.63, 3.8) is 0 Å². The zero-order chi connectivity index (χ0) is 11.8. The Labute approximate surface area is 109 Å². The number of rotatable bonds is 3. The summed E-state index contributed by atoms with van der Waals surface area (Å²) in [6.45, 7) is 0. The molecule has 0 aliphatic heterocycles. The van der Waals surface area contributed by atoms with Gasteiger partial charge in [-0.3, -0.25) is 4.79 Å². The van der Waals surface area contributed by atoms with Crippen LogP contribution in [0, 0.1) is 5.92 Å². The standard InChI is InChI=1S/C15H13BrO/c16-14-6-5-11-8-13(4-3-12(11)9-14)15(17)7-10-1-2-10/h3-6,8-10H,1-2,7H2. The summed E-state index contributed by atoms with van der Waals surface area (Å²) in [5.74, 6) is 0.945. The summed E-state index contributed by atoms with van der Waals surface area (Å²) in [4.78, 5) is 12.0. The molecule has 0 unspecified atom stereocenters. The minimum Gasteiger partial charge on any atom is -0.294 e. The van der Waals surface area contributed by atoms with Gasteiger partial charge >= 0.3 is 0 Å². The van der Waals surface area contributed by atoms with Crippen LogP contribution in [0.25, 0.3) is 10.8 Å². The van der Waals surface area contributed by atoms with Crippen LogP contribution in [-0.2, 0) is 0 Å². The summed E-state index contributed by atoms with van der Waals surface area (Å²) >= 11 is 3.45. The molecule has 1 aliphatic carbocycles. The number of hydrogen-bond acceptors (Lipinski definition) is 1. The third kappa shape index (κ3) is 2.42. The zero-order valence-electron chi connectivity index (χ0n) is 9.45. The van der Waals surface area contributed by atoms with Crippen LogP contribution in [-0.4, -0.2) is 5.78 Å². The molecule has 86 valence electrons. The Kier molecular flexibility index (Phi) is 2.75. The molecule has 1 aliphatic rings. The van der Waals surface area contributed by atoms with E-state index in [1.54, 1.807) is 0 Å². The van der Waals surface area contributed by atoms with Crippen molar-refractivity contribution in [2.75, 3.05) is 0 Å². The fraction of sp³-hybridized carbons (Fsp3) is 0.267. The second kappa shape index (κ2) is 4.26. The molecule has 0 bridgehead atoms. The molecule has 1 fully saturated rings. The lowest BCUT2D eigenvalue weighted by Crippen LogP contribution is -1.99. The first kappa shape index (κ1) is 11.0. The Bertz CT molecular complexity index is 584. The van der Waals surface area contributed by atoms with Crippen LogP contribution in [0.1, 0.15) is 29.6 Å². The lowest BCUT2D eigenvalue weighted by Gasteiger charge is -2.03. The van der Waals surface area contributed by atoms with Gasteiger partial charge in [0.2, 0.25) is 0 Å². The van der Waals surface area contributed by atoms with E-state index < -0.39 is 0 Å². The van der Waals surface area contributed by atoms with E-state index in [1.807, 2.05) is 30.3 Å². The minimum atomic E-state index is 0.289. The highest BCUT2D eigenvalue weighted by Gasteiger charge is 2.24. The van der Waals surface area contributed by atoms with E-state index in [0.717, 1.165) is 21.8 Å². The molecule has 0 N–H and O–H groups in total. The number of halogens is 1. The average molecular weight is 289 g/mol. The zero-order valence-corrected chi connectivity index (χ0v) is 11.0. The van der Waals surface area contributed by atoms with E-state index in [4.69, 9.17) is 0 Å². The van der Waals surface area contributed by atoms with E-state index in [-0.39, 0.29) is 5.78 Å². The van der Waals surface area contributed by atoms with Crippen LogP contribution in [0.15, 0.2) is 40.9 Å². The maximum atomic E-state index is 12.0. The Morgan fingerprint density at radius 2 is 1.82 bits per heavy atom. The van der Waals surface area contributed by atoms with Crippen LogP contribution in [0.3, 0.4) is 0 Å². The van der Waals surface area contributed by atoms with Crippen molar-refractivity contribution in [1.29, 1.82) is 0 Å². The lowest BCUT2D eigenvalue weighted by atomic mass is 10.0. The first-order chi connectivity index (χ1) is 8.22. The Hall–Kier alpha value is -1.15. The van der Waals surface area contributed by atoms with Gasteiger partial charge in [0.1, 0.15) is 0 Å². The van der Waals surface area contributed by atoms with E-state index in [9.17, 15) is 4.79 Å². The molecule has 2 heteroatoms. The molecular formula is C15H13BrO. The summed E-state index contributed by atoms with van der Waals surface area (Å²) in [5, 5.41) is 2.30. The molecule has 17 heavy (non-hydrogen) atoms. The number of carbonyl (C=O) groups excluding carboxylic acids is 1. The van der Waals surface area contributed by atoms with Crippen molar-refractivity contribution in [3.05, 3.63) is 46.4 Å². The van der Waals surface area contributed by atoms with Crippen molar-refractivity contribution in [2.24, 2.45) is 5.92 Å². The van der Waals surface area contributed by atoms with Gasteiger partial charge in [-0.1, -0.05) is 34.1 Å². The first-order valence-corrected chi connectivity index (χ1v) is 6.74. The number of hydrogen-bond donors (Lipinski definition) is 0. The Morgan fingerprint density at radius 3 is 2.59 bits per heavy atom. The summed E-state index contributed by atoms with van der Waals surface area (Å²) in [5.41, 5.74) is 0.853. The summed E-state index contributed by atoms with van der Waals surface area (Å²) in [6, 6.07) is 12.1. The van der Waals surface area contributed by atoms with Crippen LogP contribution in [0.2, 0.25) is 0 Å². The van der Waals surface area contributed by atoms with Gasteiger partial charge in [-0.25, -0.2) is 0 Å². The van der Waals surface area contributed by atoms with Crippen LogP contribution < -0.4 is 0 Å². The van der Waals surface area contributed by atoms with Crippen LogP contribution in [0.4, 0.5) is 0 Å². The van der Waals surface area contributed by atoms with Crippen molar-refractivity contribution < 1.29 is 4.79 Å². The van der Waals surface area contributed by atoms with Crippen LogP contribution in [0.5, 0.6) is 0 Å². The maximum absolute atomic E-state index is 12.0. The fourth-order valence-corrected chi connectivity index (χ4v) is 2.47. The van der Waals surface area contributed by atoms with Crippen molar-refractivity contribution in [3.8, 4) is 0 Å². The monoisotopic (exact) mass is 288 g/mol. The van der Waals surface area contributed by atoms with Gasteiger partial charge in [-0.05, 0) is 47.7 Å². The van der Waals surface area contributed by atoms with Crippen molar-refractivity contribution in [2.45, 2.75) is 19.3 Å². The smallest absolute Gasteiger partial charge is 0.163 e. The summed E-state index contributed by atoms with van der Waals surface area (Å²) < 4.78 is 1.07. The average Bonchev–Trinajstić information content (AvgIpc) is 3.12. The molecule has 3 rings (SSSR count). The second-order valence-electron chi connectivity index (χ2n) is 4.78. The Morgan fingerprint density at radius 1 is 1.12 bits per heavy atom. The molecular weight excluding hydrogens is 276 g/mol. The highest BCUT2D eigenvalue weighted by atomic mass is 79.9. The number of ketones is 1. The normalized spacial score (nSPS) is 15.1. The van der Waals surface area contributed by atoms with E-state index >= 15 is 0 Å². The van der Waals surface area contributed by atoms with E-state index in [1.165, 1.54) is 18.2 Å². The SMILES string of the molecule is O=C(CC1CC1)c1ccc2cc(Br)ccc2c1. The van der Waals surface area contributed by atoms with E-state index in [2.05, 4.69) is 22.0 Å². The molecule has 0 saturated heterocycles. The molecule has 1 nitrogen and oxygen atoms in total. The van der Waals surface area contributed by atoms with Gasteiger partial charge < -0.3 is 0 Å². The largest absolute Gasteiger partial charge is 0.294 e. The van der Waals surface area contributed by atoms with Crippen molar-refractivity contribution >= 4 is 32.5 Å². The molecule has 0 spiro atoms. The molecule has 0 radical (unpaired) electrons. The Balaban J connectivity index is 1.95. The molecule has 0 amide bonds. The maximum Gasteiger partial charge on any atom is 0.163 e. The van der Waals surface area contributed by atoms with E-state index in [0.29, 0.717) is 5.92 Å². The molecule has 0 heterocycles. The summed E-state index contributed by atoms with van der Waals surface area (Å²) in [6.07, 6.45) is 3.18. The van der Waals surface area contributed by atoms with Gasteiger partial charge in [0.15, 0.2) is 5.78 Å². The second-order valence-corrected chi connectivity index (χ2v) is 5.69. The molecule has 0 aromatic heterocycles. The van der Waals surface area contributed by atoms with Gasteiger partial charge in [0.25, 0.3) is 0 Å². The van der Waals surface area contributed by atoms with Gasteiger partial charge in [-0.2, -0.15) is 0 Å². The highest BCUT2D eigenvalue weighted by Crippen LogP contribution is 2.33. The molecule has 0 atom stereocenters. The number of benzene rings is 2. The summed E-state index contributed by atoms with van der Waals surface area (Å²) in [7, 11) is 0. The van der Waals surface area contributed by atoms with Gasteiger partial charge in [0.05, 0.1) is 0 Å². The molecule has 1 saturated carbocycles. The lowest BCUT2D eigenvalue weighted by molar-refractivity contribution is 0.0976. The fourth-order valence-electron chi connectivity index (χ4n) is 2.09. The van der Waals surface area contributed by atoms with Crippen LogP contribution >= 0.6 is 15.9 Å². The minimum absolute atomic E-state index is 0.289. The van der Waals surface area contributed by atoms with Gasteiger partial charge in [-0.15, -0.1) is 0 Å². The highest BCUT2D eigenvalue weighted by molar-refractivity contribution is 9.10. The third-order valence-electron chi connectivity index (χ3n) is 3.30. The quantitative estimate of drug-likeness (QED) is 0.755.